The van der Waals surface area contributed by atoms with Gasteiger partial charge in [0.1, 0.15) is 11.5 Å². The number of benzene rings is 2. The number of carbonyl (C=O) groups is 1. The van der Waals surface area contributed by atoms with E-state index in [2.05, 4.69) is 20.8 Å². The lowest BCUT2D eigenvalue weighted by atomic mass is 10.2. The van der Waals surface area contributed by atoms with E-state index in [4.69, 9.17) is 9.68 Å². The van der Waals surface area contributed by atoms with Crippen molar-refractivity contribution in [3.8, 4) is 17.5 Å². The number of furan rings is 1. The maximum Gasteiger partial charge on any atom is 0.274 e. The fourth-order valence-electron chi connectivity index (χ4n) is 2.67. The minimum atomic E-state index is -0.435. The number of carbonyl (C=O) groups excluding carboxylic acids is 1. The van der Waals surface area contributed by atoms with Gasteiger partial charge in [-0.15, -0.1) is 5.10 Å². The molecule has 0 spiro atoms. The van der Waals surface area contributed by atoms with Gasteiger partial charge in [0.2, 0.25) is 0 Å². The lowest BCUT2D eigenvalue weighted by Gasteiger charge is -2.10. The Hall–Kier alpha value is -4.51. The normalized spacial score (nSPS) is 11.1. The molecule has 1 N–H and O–H groups in total. The molecule has 8 heteroatoms. The van der Waals surface area contributed by atoms with E-state index in [9.17, 15) is 4.79 Å². The quantitative estimate of drug-likeness (QED) is 0.530. The van der Waals surface area contributed by atoms with Crippen LogP contribution < -0.4 is 5.32 Å². The average Bonchev–Trinajstić information content (AvgIpc) is 3.45. The number of nitrogens with zero attached hydrogens (tertiary/aromatic N) is 5. The van der Waals surface area contributed by atoms with Gasteiger partial charge in [0, 0.05) is 17.3 Å². The Balaban J connectivity index is 1.73. The molecule has 0 bridgehead atoms. The van der Waals surface area contributed by atoms with Crippen LogP contribution in [0.25, 0.3) is 23.2 Å². The predicted octanol–water partition coefficient (Wildman–Crippen LogP) is 3.44. The molecule has 0 atom stereocenters. The molecular weight excluding hydrogens is 368 g/mol. The Morgan fingerprint density at radius 1 is 1.07 bits per heavy atom. The van der Waals surface area contributed by atoms with E-state index in [-0.39, 0.29) is 5.70 Å². The van der Waals surface area contributed by atoms with E-state index in [0.717, 1.165) is 5.56 Å². The Kier molecular flexibility index (Phi) is 4.95. The van der Waals surface area contributed by atoms with Gasteiger partial charge >= 0.3 is 0 Å². The monoisotopic (exact) mass is 382 g/mol. The maximum atomic E-state index is 13.1. The third-order valence-corrected chi connectivity index (χ3v) is 4.06. The van der Waals surface area contributed by atoms with E-state index in [1.165, 1.54) is 10.9 Å². The first-order chi connectivity index (χ1) is 14.2. The van der Waals surface area contributed by atoms with Crippen LogP contribution in [0.15, 0.2) is 77.4 Å². The van der Waals surface area contributed by atoms with Crippen LogP contribution in [0, 0.1) is 11.3 Å². The molecule has 4 aromatic rings. The molecule has 0 aliphatic rings. The molecule has 4 rings (SSSR count). The Morgan fingerprint density at radius 2 is 1.86 bits per heavy atom. The second-order valence-electron chi connectivity index (χ2n) is 5.97. The van der Waals surface area contributed by atoms with Gasteiger partial charge in [-0.2, -0.15) is 9.94 Å². The predicted molar refractivity (Wildman–Crippen MR) is 106 cm³/mol. The van der Waals surface area contributed by atoms with Crippen LogP contribution in [0.4, 0.5) is 5.69 Å². The maximum absolute atomic E-state index is 13.1. The van der Waals surface area contributed by atoms with Gasteiger partial charge in [0.25, 0.3) is 5.91 Å². The molecule has 0 saturated carbocycles. The first-order valence-corrected chi connectivity index (χ1v) is 8.65. The fraction of sp³-hybridized carbons (Fsp3) is 0. The van der Waals surface area contributed by atoms with Crippen molar-refractivity contribution in [2.45, 2.75) is 0 Å². The number of anilines is 1. The summed E-state index contributed by atoms with van der Waals surface area (Å²) >= 11 is 0. The van der Waals surface area contributed by atoms with Crippen molar-refractivity contribution in [3.05, 3.63) is 84.3 Å². The molecule has 29 heavy (non-hydrogen) atoms. The molecule has 8 nitrogen and oxygen atoms in total. The number of hydrogen-bond donors (Lipinski definition) is 1. The van der Waals surface area contributed by atoms with Crippen LogP contribution in [-0.2, 0) is 4.79 Å². The smallest absolute Gasteiger partial charge is 0.274 e. The highest BCUT2D eigenvalue weighted by molar-refractivity contribution is 6.24. The third-order valence-electron chi connectivity index (χ3n) is 4.06. The zero-order chi connectivity index (χ0) is 20.1. The van der Waals surface area contributed by atoms with Crippen LogP contribution in [0.3, 0.4) is 0 Å². The Labute approximate surface area is 165 Å². The van der Waals surface area contributed by atoms with Crippen LogP contribution in [0.2, 0.25) is 0 Å². The molecule has 0 radical (unpaired) electrons. The second-order valence-corrected chi connectivity index (χ2v) is 5.97. The Morgan fingerprint density at radius 3 is 2.55 bits per heavy atom. The van der Waals surface area contributed by atoms with E-state index in [1.54, 1.807) is 42.5 Å². The summed E-state index contributed by atoms with van der Waals surface area (Å²) in [6, 6.07) is 21.3. The number of nitrogens with one attached hydrogen (secondary N) is 1. The molecule has 0 saturated heterocycles. The molecule has 2 aromatic carbocycles. The topological polar surface area (TPSA) is 110 Å². The number of nitriles is 1. The minimum absolute atomic E-state index is 0.174. The summed E-state index contributed by atoms with van der Waals surface area (Å²) < 4.78 is 6.72. The van der Waals surface area contributed by atoms with Crippen molar-refractivity contribution < 1.29 is 9.21 Å². The van der Waals surface area contributed by atoms with Gasteiger partial charge in [-0.3, -0.25) is 4.79 Å². The molecule has 2 heterocycles. The summed E-state index contributed by atoms with van der Waals surface area (Å²) in [4.78, 5) is 13.1. The molecule has 0 aliphatic carbocycles. The summed E-state index contributed by atoms with van der Waals surface area (Å²) in [5, 5.41) is 23.5. The second kappa shape index (κ2) is 8.02. The molecular formula is C21H14N6O2. The van der Waals surface area contributed by atoms with Crippen LogP contribution in [-0.4, -0.2) is 26.1 Å². The third kappa shape index (κ3) is 3.94. The van der Waals surface area contributed by atoms with Crippen LogP contribution in [0.5, 0.6) is 0 Å². The number of amides is 1. The summed E-state index contributed by atoms with van der Waals surface area (Å²) in [5.41, 5.74) is 1.97. The van der Waals surface area contributed by atoms with Crippen molar-refractivity contribution in [2.75, 3.05) is 5.32 Å². The first-order valence-electron chi connectivity index (χ1n) is 8.65. The molecule has 0 unspecified atom stereocenters. The van der Waals surface area contributed by atoms with Gasteiger partial charge < -0.3 is 9.73 Å². The van der Waals surface area contributed by atoms with Gasteiger partial charge in [-0.1, -0.05) is 30.3 Å². The molecule has 0 aliphatic heterocycles. The van der Waals surface area contributed by atoms with E-state index in [0.29, 0.717) is 22.8 Å². The lowest BCUT2D eigenvalue weighted by molar-refractivity contribution is -0.111. The summed E-state index contributed by atoms with van der Waals surface area (Å²) in [7, 11) is 0. The van der Waals surface area contributed by atoms with Crippen molar-refractivity contribution >= 4 is 23.4 Å². The van der Waals surface area contributed by atoms with E-state index < -0.39 is 5.91 Å². The average molecular weight is 382 g/mol. The van der Waals surface area contributed by atoms with E-state index in [1.807, 2.05) is 36.4 Å². The summed E-state index contributed by atoms with van der Waals surface area (Å²) in [6.45, 7) is 0. The van der Waals surface area contributed by atoms with Gasteiger partial charge in [0.15, 0.2) is 5.82 Å². The molecule has 0 fully saturated rings. The number of aromatic nitrogens is 4. The van der Waals surface area contributed by atoms with Crippen molar-refractivity contribution in [2.24, 2.45) is 0 Å². The molecule has 2 aromatic heterocycles. The Bertz CT molecular complexity index is 1190. The number of rotatable bonds is 5. The highest BCUT2D eigenvalue weighted by atomic mass is 16.3. The summed E-state index contributed by atoms with van der Waals surface area (Å²) in [6.07, 6.45) is 3.07. The number of tetrazole rings is 1. The summed E-state index contributed by atoms with van der Waals surface area (Å²) in [5.74, 6) is 0.457. The van der Waals surface area contributed by atoms with Crippen molar-refractivity contribution in [1.29, 1.82) is 5.26 Å². The molecule has 1 amide bonds. The van der Waals surface area contributed by atoms with E-state index >= 15 is 0 Å². The van der Waals surface area contributed by atoms with Crippen molar-refractivity contribution in [3.63, 3.8) is 0 Å². The van der Waals surface area contributed by atoms with Gasteiger partial charge in [0.05, 0.1) is 17.9 Å². The van der Waals surface area contributed by atoms with Crippen LogP contribution >= 0.6 is 0 Å². The molecule has 140 valence electrons. The number of hydrogen-bond acceptors (Lipinski definition) is 6. The standard InChI is InChI=1S/C21H14N6O2/c22-14-15-8-10-17(11-9-15)23-21(28)19(13-18-7-4-12-29-18)27-20(24-25-26-27)16-5-2-1-3-6-16/h1-13H,(H,23,28)/b19-13-. The van der Waals surface area contributed by atoms with Gasteiger partial charge in [-0.05, 0) is 46.8 Å². The highest BCUT2D eigenvalue weighted by Crippen LogP contribution is 2.22. The minimum Gasteiger partial charge on any atom is -0.465 e. The zero-order valence-electron chi connectivity index (χ0n) is 15.1. The largest absolute Gasteiger partial charge is 0.465 e. The zero-order valence-corrected chi connectivity index (χ0v) is 15.1. The SMILES string of the molecule is N#Cc1ccc(NC(=O)/C(=C/c2ccco2)n2nnnc2-c2ccccc2)cc1. The first kappa shape index (κ1) is 17.9. The van der Waals surface area contributed by atoms with Gasteiger partial charge in [-0.25, -0.2) is 0 Å². The highest BCUT2D eigenvalue weighted by Gasteiger charge is 2.20. The lowest BCUT2D eigenvalue weighted by Crippen LogP contribution is -2.19. The fourth-order valence-corrected chi connectivity index (χ4v) is 2.67. The van der Waals surface area contributed by atoms with Crippen LogP contribution in [0.1, 0.15) is 11.3 Å². The van der Waals surface area contributed by atoms with Crippen molar-refractivity contribution in [1.82, 2.24) is 20.2 Å².